The van der Waals surface area contributed by atoms with Crippen LogP contribution < -0.4 is 0 Å². The molecule has 5 nitrogen and oxygen atoms in total. The Bertz CT molecular complexity index is 1460. The summed E-state index contributed by atoms with van der Waals surface area (Å²) in [5, 5.41) is 0. The molecule has 7 heteroatoms. The zero-order valence-electron chi connectivity index (χ0n) is 23.4. The maximum atomic E-state index is 14.1. The van der Waals surface area contributed by atoms with Gasteiger partial charge < -0.3 is 4.74 Å². The highest BCUT2D eigenvalue weighted by atomic mass is 32.2. The molecule has 0 N–H and O–H groups in total. The zero-order valence-corrected chi connectivity index (χ0v) is 24.2. The van der Waals surface area contributed by atoms with Gasteiger partial charge in [0.05, 0.1) is 16.5 Å². The number of benzene rings is 3. The lowest BCUT2D eigenvalue weighted by Gasteiger charge is -2.42. The third-order valence-electron chi connectivity index (χ3n) is 6.59. The Morgan fingerprint density at radius 1 is 1.05 bits per heavy atom. The fraction of sp³-hybridized carbons (Fsp3) is 0.303. The molecule has 0 radical (unpaired) electrons. The molecule has 0 aliphatic heterocycles. The molecule has 0 bridgehead atoms. The van der Waals surface area contributed by atoms with Gasteiger partial charge in [-0.3, -0.25) is 0 Å². The second-order valence-electron chi connectivity index (χ2n) is 10.1. The van der Waals surface area contributed by atoms with Crippen LogP contribution >= 0.6 is 0 Å². The molecule has 0 spiro atoms. The summed E-state index contributed by atoms with van der Waals surface area (Å²) in [6, 6.07) is 19.9. The molecule has 0 heterocycles. The van der Waals surface area contributed by atoms with Crippen molar-refractivity contribution in [3.05, 3.63) is 114 Å². The van der Waals surface area contributed by atoms with E-state index in [0.717, 1.165) is 5.56 Å². The van der Waals surface area contributed by atoms with Gasteiger partial charge in [-0.1, -0.05) is 68.7 Å². The van der Waals surface area contributed by atoms with E-state index in [1.807, 2.05) is 27.7 Å². The van der Waals surface area contributed by atoms with Gasteiger partial charge in [-0.2, -0.15) is 4.31 Å². The Labute approximate surface area is 237 Å². The molecule has 0 saturated carbocycles. The minimum Gasteiger partial charge on any atom is -0.440 e. The Hall–Kier alpha value is -3.73. The van der Waals surface area contributed by atoms with Crippen LogP contribution in [0.15, 0.2) is 96.4 Å². The normalized spacial score (nSPS) is 13.7. The largest absolute Gasteiger partial charge is 0.440 e. The second-order valence-corrected chi connectivity index (χ2v) is 12.0. The summed E-state index contributed by atoms with van der Waals surface area (Å²) in [5.74, 6) is 5.18. The molecular weight excluding hydrogens is 525 g/mol. The van der Waals surface area contributed by atoms with E-state index in [2.05, 4.69) is 18.4 Å². The molecule has 3 aromatic carbocycles. The molecule has 0 unspecified atom stereocenters. The van der Waals surface area contributed by atoms with E-state index in [-0.39, 0.29) is 23.8 Å². The fourth-order valence-electron chi connectivity index (χ4n) is 4.44. The van der Waals surface area contributed by atoms with Crippen molar-refractivity contribution >= 4 is 16.0 Å². The summed E-state index contributed by atoms with van der Waals surface area (Å²) < 4.78 is 49.4. The Balaban J connectivity index is 2.25. The van der Waals surface area contributed by atoms with Crippen LogP contribution in [-0.4, -0.2) is 36.9 Å². The van der Waals surface area contributed by atoms with Crippen molar-refractivity contribution in [1.82, 2.24) is 4.31 Å². The summed E-state index contributed by atoms with van der Waals surface area (Å²) in [7, 11) is -4.05. The first-order valence-electron chi connectivity index (χ1n) is 13.3. The van der Waals surface area contributed by atoms with Gasteiger partial charge in [0.25, 0.3) is 0 Å². The van der Waals surface area contributed by atoms with Crippen LogP contribution in [0.3, 0.4) is 0 Å². The van der Waals surface area contributed by atoms with Gasteiger partial charge in [-0.25, -0.2) is 17.6 Å². The second kappa shape index (κ2) is 13.6. The molecule has 3 rings (SSSR count). The lowest BCUT2D eigenvalue weighted by Crippen LogP contribution is -2.56. The number of aryl methyl sites for hydroxylation is 1. The first-order chi connectivity index (χ1) is 19.0. The van der Waals surface area contributed by atoms with E-state index in [9.17, 15) is 17.6 Å². The zero-order chi connectivity index (χ0) is 29.3. The molecule has 3 aromatic rings. The third kappa shape index (κ3) is 7.47. The molecule has 0 fully saturated rings. The van der Waals surface area contributed by atoms with Crippen LogP contribution in [0.4, 0.5) is 4.39 Å². The number of carbonyl (C=O) groups excluding carboxylic acids is 1. The summed E-state index contributed by atoms with van der Waals surface area (Å²) in [4.78, 5) is 13.6. The predicted molar refractivity (Wildman–Crippen MR) is 157 cm³/mol. The average molecular weight is 562 g/mol. The number of ether oxygens (including phenoxy) is 1. The number of carbonyl (C=O) groups is 1. The van der Waals surface area contributed by atoms with Crippen LogP contribution in [0.25, 0.3) is 0 Å². The molecule has 0 aliphatic carbocycles. The van der Waals surface area contributed by atoms with E-state index >= 15 is 0 Å². The molecule has 0 aliphatic rings. The predicted octanol–water partition coefficient (Wildman–Crippen LogP) is 6.78. The van der Waals surface area contributed by atoms with Crippen molar-refractivity contribution in [2.75, 3.05) is 6.54 Å². The third-order valence-corrected chi connectivity index (χ3v) is 8.48. The van der Waals surface area contributed by atoms with Crippen molar-refractivity contribution in [3.8, 4) is 11.8 Å². The minimum atomic E-state index is -4.05. The van der Waals surface area contributed by atoms with Gasteiger partial charge in [0.15, 0.2) is 5.60 Å². The number of sulfonamides is 1. The first-order valence-corrected chi connectivity index (χ1v) is 14.7. The number of hydrogen-bond donors (Lipinski definition) is 0. The highest BCUT2D eigenvalue weighted by Gasteiger charge is 2.47. The van der Waals surface area contributed by atoms with E-state index in [0.29, 0.717) is 17.5 Å². The van der Waals surface area contributed by atoms with Crippen molar-refractivity contribution in [3.63, 3.8) is 0 Å². The van der Waals surface area contributed by atoms with Gasteiger partial charge in [0.2, 0.25) is 10.0 Å². The fourth-order valence-corrected chi connectivity index (χ4v) is 6.08. The van der Waals surface area contributed by atoms with E-state index in [1.54, 1.807) is 54.6 Å². The van der Waals surface area contributed by atoms with Gasteiger partial charge in [-0.05, 0) is 80.1 Å². The van der Waals surface area contributed by atoms with E-state index in [1.165, 1.54) is 34.6 Å². The van der Waals surface area contributed by atoms with Crippen LogP contribution in [0, 0.1) is 30.5 Å². The lowest BCUT2D eigenvalue weighted by molar-refractivity contribution is -0.0264. The first kappa shape index (κ1) is 30.8. The highest BCUT2D eigenvalue weighted by Crippen LogP contribution is 2.34. The number of esters is 1. The minimum absolute atomic E-state index is 0.0174. The van der Waals surface area contributed by atoms with Crippen molar-refractivity contribution < 1.29 is 22.3 Å². The lowest BCUT2D eigenvalue weighted by atomic mass is 9.85. The topological polar surface area (TPSA) is 63.7 Å². The maximum Gasteiger partial charge on any atom is 0.339 e. The van der Waals surface area contributed by atoms with E-state index < -0.39 is 33.5 Å². The summed E-state index contributed by atoms with van der Waals surface area (Å²) in [5.41, 5.74) is 0.225. The van der Waals surface area contributed by atoms with Gasteiger partial charge in [0, 0.05) is 12.1 Å². The number of rotatable bonds is 11. The van der Waals surface area contributed by atoms with E-state index in [4.69, 9.17) is 4.74 Å². The SMILES string of the molecule is C=CCN([C@@H](CC(C)C)[C@@](C#Cc1ccc(F)cc1)(CC)OC(=O)c1ccccc1)S(=O)(=O)c1ccc(C)cc1. The smallest absolute Gasteiger partial charge is 0.339 e. The standard InChI is InChI=1S/C33H36FNO4S/c1-6-23-35(40(37,38)30-19-13-26(5)14-20-30)31(24-25(3)4)33(7-2,22-21-27-15-17-29(34)18-16-27)39-32(36)28-11-9-8-10-12-28/h6,8-20,25,31H,1,7,23-24H2,2-5H3/t31-,33-/m0/s1. The van der Waals surface area contributed by atoms with Gasteiger partial charge in [-0.15, -0.1) is 6.58 Å². The van der Waals surface area contributed by atoms with Crippen molar-refractivity contribution in [2.45, 2.75) is 57.1 Å². The Kier molecular flexibility index (Phi) is 10.4. The number of halogens is 1. The Morgan fingerprint density at radius 3 is 2.23 bits per heavy atom. The quantitative estimate of drug-likeness (QED) is 0.147. The van der Waals surface area contributed by atoms with Gasteiger partial charge in [0.1, 0.15) is 5.82 Å². The maximum absolute atomic E-state index is 14.1. The molecule has 2 atom stereocenters. The summed E-state index contributed by atoms with van der Waals surface area (Å²) >= 11 is 0. The number of hydrogen-bond acceptors (Lipinski definition) is 4. The molecule has 0 aromatic heterocycles. The van der Waals surface area contributed by atoms with Crippen LogP contribution in [-0.2, 0) is 14.8 Å². The monoisotopic (exact) mass is 561 g/mol. The average Bonchev–Trinajstić information content (AvgIpc) is 2.94. The number of nitrogens with zero attached hydrogens (tertiary/aromatic N) is 1. The molecular formula is C33H36FNO4S. The van der Waals surface area contributed by atoms with Crippen LogP contribution in [0.1, 0.15) is 55.1 Å². The van der Waals surface area contributed by atoms with Crippen molar-refractivity contribution in [1.29, 1.82) is 0 Å². The molecule has 0 saturated heterocycles. The molecule has 40 heavy (non-hydrogen) atoms. The highest BCUT2D eigenvalue weighted by molar-refractivity contribution is 7.89. The summed E-state index contributed by atoms with van der Waals surface area (Å²) in [6.45, 7) is 11.5. The Morgan fingerprint density at radius 2 is 1.68 bits per heavy atom. The van der Waals surface area contributed by atoms with Crippen molar-refractivity contribution in [2.24, 2.45) is 5.92 Å². The summed E-state index contributed by atoms with van der Waals surface area (Å²) in [6.07, 6.45) is 2.08. The molecule has 210 valence electrons. The van der Waals surface area contributed by atoms with Crippen LogP contribution in [0.5, 0.6) is 0 Å². The van der Waals surface area contributed by atoms with Gasteiger partial charge >= 0.3 is 5.97 Å². The van der Waals surface area contributed by atoms with Crippen LogP contribution in [0.2, 0.25) is 0 Å². The molecule has 0 amide bonds.